The summed E-state index contributed by atoms with van der Waals surface area (Å²) in [6.45, 7) is 3.85. The Morgan fingerprint density at radius 1 is 1.06 bits per heavy atom. The van der Waals surface area contributed by atoms with Crippen LogP contribution >= 0.6 is 0 Å². The molecule has 160 valence electrons. The third-order valence-corrected chi connectivity index (χ3v) is 5.73. The van der Waals surface area contributed by atoms with Crippen LogP contribution in [0.5, 0.6) is 11.5 Å². The molecule has 2 aliphatic heterocycles. The van der Waals surface area contributed by atoms with E-state index in [0.29, 0.717) is 28.3 Å². The highest BCUT2D eigenvalue weighted by Crippen LogP contribution is 2.44. The number of pyridine rings is 1. The van der Waals surface area contributed by atoms with Crippen molar-refractivity contribution in [2.75, 3.05) is 11.7 Å². The number of hydrogen-bond acceptors (Lipinski definition) is 6. The molecule has 3 heterocycles. The Balaban J connectivity index is 1.73. The third kappa shape index (κ3) is 3.10. The zero-order valence-electron chi connectivity index (χ0n) is 17.5. The average molecular weight is 428 g/mol. The minimum absolute atomic E-state index is 0.0226. The topological polar surface area (TPSA) is 89.0 Å². The summed E-state index contributed by atoms with van der Waals surface area (Å²) in [7, 11) is 0. The molecule has 1 N–H and O–H groups in total. The van der Waals surface area contributed by atoms with Gasteiger partial charge in [-0.05, 0) is 49.2 Å². The van der Waals surface area contributed by atoms with Crippen molar-refractivity contribution in [3.05, 3.63) is 88.8 Å². The smallest absolute Gasteiger partial charge is 0.300 e. The van der Waals surface area contributed by atoms with Crippen molar-refractivity contribution < 1.29 is 24.2 Å². The lowest BCUT2D eigenvalue weighted by atomic mass is 9.94. The number of hydrogen-bond donors (Lipinski definition) is 1. The van der Waals surface area contributed by atoms with Crippen LogP contribution in [0.3, 0.4) is 0 Å². The SMILES string of the molecule is Cc1ccc(C)c(/C(O)=C2\C(=O)C(=O)N(c3ccc4c(c3)OCO4)C2c2cccnc2)c1. The van der Waals surface area contributed by atoms with Gasteiger partial charge in [0.05, 0.1) is 11.6 Å². The number of aromatic nitrogens is 1. The lowest BCUT2D eigenvalue weighted by molar-refractivity contribution is -0.132. The summed E-state index contributed by atoms with van der Waals surface area (Å²) in [5, 5.41) is 11.3. The number of aliphatic hydroxyl groups excluding tert-OH is 1. The number of carbonyl (C=O) groups is 2. The van der Waals surface area contributed by atoms with Crippen LogP contribution in [0.25, 0.3) is 5.76 Å². The van der Waals surface area contributed by atoms with E-state index in [4.69, 9.17) is 9.47 Å². The van der Waals surface area contributed by atoms with Crippen molar-refractivity contribution in [3.8, 4) is 11.5 Å². The van der Waals surface area contributed by atoms with Crippen molar-refractivity contribution in [2.45, 2.75) is 19.9 Å². The fraction of sp³-hybridized carbons (Fsp3) is 0.160. The molecular formula is C25H20N2O5. The molecule has 0 spiro atoms. The predicted molar refractivity (Wildman–Crippen MR) is 118 cm³/mol. The highest BCUT2D eigenvalue weighted by molar-refractivity contribution is 6.51. The second-order valence-corrected chi connectivity index (χ2v) is 7.81. The number of nitrogens with zero attached hydrogens (tertiary/aromatic N) is 2. The summed E-state index contributed by atoms with van der Waals surface area (Å²) in [6.07, 6.45) is 3.20. The monoisotopic (exact) mass is 428 g/mol. The first-order chi connectivity index (χ1) is 15.5. The molecule has 1 saturated heterocycles. The molecule has 1 atom stereocenters. The lowest BCUT2D eigenvalue weighted by Gasteiger charge is -2.25. The van der Waals surface area contributed by atoms with Crippen LogP contribution in [0.1, 0.15) is 28.3 Å². The first-order valence-electron chi connectivity index (χ1n) is 10.1. The van der Waals surface area contributed by atoms with Crippen LogP contribution in [0.15, 0.2) is 66.5 Å². The highest BCUT2D eigenvalue weighted by atomic mass is 16.7. The standard InChI is InChI=1S/C25H20N2O5/c1-14-5-6-15(2)18(10-14)23(28)21-22(16-4-3-9-26-12-16)27(25(30)24(21)29)17-7-8-19-20(11-17)32-13-31-19/h3-12,22,28H,13H2,1-2H3/b23-21+. The number of ether oxygens (including phenoxy) is 2. The number of carbonyl (C=O) groups excluding carboxylic acids is 2. The van der Waals surface area contributed by atoms with Gasteiger partial charge in [0.25, 0.3) is 11.7 Å². The molecule has 5 rings (SSSR count). The number of aryl methyl sites for hydroxylation is 2. The molecule has 0 aliphatic carbocycles. The quantitative estimate of drug-likeness (QED) is 0.385. The highest BCUT2D eigenvalue weighted by Gasteiger charge is 2.47. The number of rotatable bonds is 3. The molecule has 0 bridgehead atoms. The molecule has 0 radical (unpaired) electrons. The van der Waals surface area contributed by atoms with E-state index in [2.05, 4.69) is 4.98 Å². The van der Waals surface area contributed by atoms with Gasteiger partial charge in [0.1, 0.15) is 5.76 Å². The Hall–Kier alpha value is -4.13. The molecule has 2 aromatic carbocycles. The molecule has 1 amide bonds. The molecule has 1 fully saturated rings. The number of aliphatic hydroxyl groups is 1. The number of anilines is 1. The molecule has 7 heteroatoms. The van der Waals surface area contributed by atoms with Gasteiger partial charge in [-0.2, -0.15) is 0 Å². The van der Waals surface area contributed by atoms with Gasteiger partial charge >= 0.3 is 0 Å². The second kappa shape index (κ2) is 7.53. The van der Waals surface area contributed by atoms with Crippen molar-refractivity contribution in [1.82, 2.24) is 4.98 Å². The van der Waals surface area contributed by atoms with Crippen LogP contribution in [-0.4, -0.2) is 28.6 Å². The van der Waals surface area contributed by atoms with Crippen LogP contribution in [0.4, 0.5) is 5.69 Å². The van der Waals surface area contributed by atoms with Gasteiger partial charge in [-0.15, -0.1) is 0 Å². The Kier molecular flexibility index (Phi) is 4.66. The molecular weight excluding hydrogens is 408 g/mol. The lowest BCUT2D eigenvalue weighted by Crippen LogP contribution is -2.29. The molecule has 1 aromatic heterocycles. The first-order valence-corrected chi connectivity index (χ1v) is 10.1. The van der Waals surface area contributed by atoms with Crippen LogP contribution in [0, 0.1) is 13.8 Å². The van der Waals surface area contributed by atoms with Gasteiger partial charge in [-0.1, -0.05) is 23.8 Å². The fourth-order valence-corrected chi connectivity index (χ4v) is 4.12. The summed E-state index contributed by atoms with van der Waals surface area (Å²) in [5.41, 5.74) is 3.34. The van der Waals surface area contributed by atoms with E-state index in [1.54, 1.807) is 48.8 Å². The Bertz CT molecular complexity index is 1280. The molecule has 2 aliphatic rings. The number of benzene rings is 2. The maximum absolute atomic E-state index is 13.2. The van der Waals surface area contributed by atoms with Gasteiger partial charge in [0.15, 0.2) is 11.5 Å². The van der Waals surface area contributed by atoms with E-state index in [0.717, 1.165) is 11.1 Å². The van der Waals surface area contributed by atoms with E-state index < -0.39 is 17.7 Å². The van der Waals surface area contributed by atoms with Gasteiger partial charge in [-0.25, -0.2) is 0 Å². The Morgan fingerprint density at radius 3 is 2.66 bits per heavy atom. The van der Waals surface area contributed by atoms with Crippen molar-refractivity contribution >= 4 is 23.1 Å². The van der Waals surface area contributed by atoms with Gasteiger partial charge in [-0.3, -0.25) is 19.5 Å². The predicted octanol–water partition coefficient (Wildman–Crippen LogP) is 4.05. The Labute approximate surface area is 184 Å². The number of fused-ring (bicyclic) bond motifs is 1. The summed E-state index contributed by atoms with van der Waals surface area (Å²) >= 11 is 0. The zero-order chi connectivity index (χ0) is 22.4. The third-order valence-electron chi connectivity index (χ3n) is 5.73. The van der Waals surface area contributed by atoms with Crippen molar-refractivity contribution in [1.29, 1.82) is 0 Å². The van der Waals surface area contributed by atoms with Crippen LogP contribution < -0.4 is 14.4 Å². The second-order valence-electron chi connectivity index (χ2n) is 7.81. The summed E-state index contributed by atoms with van der Waals surface area (Å²) < 4.78 is 10.8. The molecule has 7 nitrogen and oxygen atoms in total. The molecule has 32 heavy (non-hydrogen) atoms. The van der Waals surface area contributed by atoms with E-state index in [1.807, 2.05) is 26.0 Å². The normalized spacial score (nSPS) is 18.9. The van der Waals surface area contributed by atoms with Gasteiger partial charge < -0.3 is 14.6 Å². The molecule has 0 saturated carbocycles. The minimum atomic E-state index is -0.844. The summed E-state index contributed by atoms with van der Waals surface area (Å²) in [6, 6.07) is 13.3. The van der Waals surface area contributed by atoms with E-state index in [1.165, 1.54) is 4.90 Å². The largest absolute Gasteiger partial charge is 0.507 e. The number of amides is 1. The molecule has 3 aromatic rings. The van der Waals surface area contributed by atoms with E-state index in [9.17, 15) is 14.7 Å². The zero-order valence-corrected chi connectivity index (χ0v) is 17.5. The summed E-state index contributed by atoms with van der Waals surface area (Å²) in [5.74, 6) is -0.635. The number of ketones is 1. The van der Waals surface area contributed by atoms with Crippen molar-refractivity contribution in [2.24, 2.45) is 0 Å². The maximum Gasteiger partial charge on any atom is 0.300 e. The van der Waals surface area contributed by atoms with Gasteiger partial charge in [0.2, 0.25) is 6.79 Å². The Morgan fingerprint density at radius 2 is 1.88 bits per heavy atom. The van der Waals surface area contributed by atoms with E-state index >= 15 is 0 Å². The number of Topliss-reactive ketones (excluding diaryl/α,β-unsaturated/α-hetero) is 1. The van der Waals surface area contributed by atoms with Crippen molar-refractivity contribution in [3.63, 3.8) is 0 Å². The summed E-state index contributed by atoms with van der Waals surface area (Å²) in [4.78, 5) is 32.0. The maximum atomic E-state index is 13.2. The van der Waals surface area contributed by atoms with E-state index in [-0.39, 0.29) is 18.1 Å². The first kappa shape index (κ1) is 19.8. The van der Waals surface area contributed by atoms with Gasteiger partial charge in [0, 0.05) is 29.7 Å². The minimum Gasteiger partial charge on any atom is -0.507 e. The fourth-order valence-electron chi connectivity index (χ4n) is 4.12. The van der Waals surface area contributed by atoms with Crippen LogP contribution in [0.2, 0.25) is 0 Å². The average Bonchev–Trinajstić information content (AvgIpc) is 3.37. The van der Waals surface area contributed by atoms with Crippen LogP contribution in [-0.2, 0) is 9.59 Å². The molecule has 1 unspecified atom stereocenters.